The highest BCUT2D eigenvalue weighted by Crippen LogP contribution is 2.22. The van der Waals surface area contributed by atoms with E-state index in [1.807, 2.05) is 31.2 Å². The van der Waals surface area contributed by atoms with Gasteiger partial charge in [0.1, 0.15) is 0 Å². The highest BCUT2D eigenvalue weighted by molar-refractivity contribution is 6.30. The molecule has 0 aromatic heterocycles. The Morgan fingerprint density at radius 1 is 1.47 bits per heavy atom. The lowest BCUT2D eigenvalue weighted by molar-refractivity contribution is -0.144. The quantitative estimate of drug-likeness (QED) is 0.805. The van der Waals surface area contributed by atoms with Crippen LogP contribution in [0.1, 0.15) is 31.2 Å². The summed E-state index contributed by atoms with van der Waals surface area (Å²) in [7, 11) is 0. The van der Waals surface area contributed by atoms with Crippen molar-refractivity contribution in [2.24, 2.45) is 5.90 Å². The fourth-order valence-corrected chi connectivity index (χ4v) is 1.48. The fraction of sp³-hybridized carbons (Fsp3) is 0.364. The van der Waals surface area contributed by atoms with Gasteiger partial charge in [0.2, 0.25) is 0 Å². The SMILES string of the molecule is CC(CCC(=O)ON)c1ccc(Cl)cc1. The number of halogens is 1. The minimum absolute atomic E-state index is 0.293. The molecule has 4 heteroatoms. The Kier molecular flexibility index (Phi) is 4.59. The molecule has 0 aliphatic heterocycles. The summed E-state index contributed by atoms with van der Waals surface area (Å²) in [6.45, 7) is 2.05. The maximum Gasteiger partial charge on any atom is 0.324 e. The van der Waals surface area contributed by atoms with Gasteiger partial charge in [-0.3, -0.25) is 4.79 Å². The Morgan fingerprint density at radius 2 is 2.07 bits per heavy atom. The van der Waals surface area contributed by atoms with Gasteiger partial charge < -0.3 is 4.84 Å². The van der Waals surface area contributed by atoms with E-state index in [1.54, 1.807) is 0 Å². The van der Waals surface area contributed by atoms with E-state index in [-0.39, 0.29) is 5.97 Å². The van der Waals surface area contributed by atoms with Gasteiger partial charge in [-0.1, -0.05) is 30.7 Å². The Labute approximate surface area is 94.1 Å². The van der Waals surface area contributed by atoms with E-state index in [2.05, 4.69) is 4.84 Å². The molecular weight excluding hydrogens is 214 g/mol. The molecule has 1 rings (SSSR count). The summed E-state index contributed by atoms with van der Waals surface area (Å²) in [6.07, 6.45) is 1.05. The van der Waals surface area contributed by atoms with Crippen LogP contribution in [-0.4, -0.2) is 5.97 Å². The van der Waals surface area contributed by atoms with Gasteiger partial charge in [0, 0.05) is 11.4 Å². The average Bonchev–Trinajstić information content (AvgIpc) is 2.26. The second-order valence-corrected chi connectivity index (χ2v) is 3.92. The van der Waals surface area contributed by atoms with E-state index in [0.29, 0.717) is 17.4 Å². The number of hydrogen-bond acceptors (Lipinski definition) is 3. The normalized spacial score (nSPS) is 12.2. The van der Waals surface area contributed by atoms with Crippen molar-refractivity contribution in [3.8, 4) is 0 Å². The van der Waals surface area contributed by atoms with E-state index in [4.69, 9.17) is 17.5 Å². The number of rotatable bonds is 4. The standard InChI is InChI=1S/C11H14ClNO2/c1-8(2-7-11(14)15-13)9-3-5-10(12)6-4-9/h3-6,8H,2,7,13H2,1H3. The second kappa shape index (κ2) is 5.73. The van der Waals surface area contributed by atoms with Crippen molar-refractivity contribution in [2.75, 3.05) is 0 Å². The summed E-state index contributed by atoms with van der Waals surface area (Å²) >= 11 is 5.78. The molecule has 1 aromatic rings. The molecule has 15 heavy (non-hydrogen) atoms. The molecule has 0 amide bonds. The second-order valence-electron chi connectivity index (χ2n) is 3.48. The topological polar surface area (TPSA) is 52.3 Å². The van der Waals surface area contributed by atoms with Gasteiger partial charge in [-0.05, 0) is 30.0 Å². The number of nitrogens with two attached hydrogens (primary N) is 1. The van der Waals surface area contributed by atoms with Gasteiger partial charge in [0.15, 0.2) is 0 Å². The molecule has 0 saturated heterocycles. The molecule has 3 nitrogen and oxygen atoms in total. The van der Waals surface area contributed by atoms with Crippen molar-refractivity contribution in [1.29, 1.82) is 0 Å². The van der Waals surface area contributed by atoms with Gasteiger partial charge in [-0.15, -0.1) is 0 Å². The molecule has 0 radical (unpaired) electrons. The first-order valence-electron chi connectivity index (χ1n) is 4.78. The van der Waals surface area contributed by atoms with Crippen LogP contribution in [0.2, 0.25) is 5.02 Å². The number of carbonyl (C=O) groups excluding carboxylic acids is 1. The van der Waals surface area contributed by atoms with Gasteiger partial charge in [-0.25, -0.2) is 0 Å². The zero-order chi connectivity index (χ0) is 11.3. The zero-order valence-corrected chi connectivity index (χ0v) is 9.33. The maximum absolute atomic E-state index is 10.8. The van der Waals surface area contributed by atoms with E-state index >= 15 is 0 Å². The third-order valence-corrected chi connectivity index (χ3v) is 2.60. The third kappa shape index (κ3) is 3.90. The van der Waals surface area contributed by atoms with Crippen LogP contribution >= 0.6 is 11.6 Å². The predicted octanol–water partition coefficient (Wildman–Crippen LogP) is 2.64. The van der Waals surface area contributed by atoms with Crippen molar-refractivity contribution in [1.82, 2.24) is 0 Å². The first kappa shape index (κ1) is 12.0. The van der Waals surface area contributed by atoms with Crippen LogP contribution < -0.4 is 5.90 Å². The van der Waals surface area contributed by atoms with E-state index in [0.717, 1.165) is 12.0 Å². The molecule has 0 saturated carbocycles. The first-order valence-corrected chi connectivity index (χ1v) is 5.16. The number of benzene rings is 1. The molecule has 0 fully saturated rings. The van der Waals surface area contributed by atoms with Crippen LogP contribution in [0, 0.1) is 0 Å². The summed E-state index contributed by atoms with van der Waals surface area (Å²) in [5.41, 5.74) is 1.16. The summed E-state index contributed by atoms with van der Waals surface area (Å²) in [5, 5.41) is 0.715. The Bertz CT molecular complexity index is 324. The van der Waals surface area contributed by atoms with Crippen molar-refractivity contribution in [3.63, 3.8) is 0 Å². The zero-order valence-electron chi connectivity index (χ0n) is 8.57. The summed E-state index contributed by atoms with van der Waals surface area (Å²) in [5.74, 6) is 4.66. The average molecular weight is 228 g/mol. The van der Waals surface area contributed by atoms with Gasteiger partial charge in [0.25, 0.3) is 0 Å². The third-order valence-electron chi connectivity index (χ3n) is 2.35. The summed E-state index contributed by atoms with van der Waals surface area (Å²) in [6, 6.07) is 7.60. The molecule has 0 bridgehead atoms. The molecule has 82 valence electrons. The van der Waals surface area contributed by atoms with Gasteiger partial charge in [0.05, 0.1) is 0 Å². The summed E-state index contributed by atoms with van der Waals surface area (Å²) in [4.78, 5) is 14.9. The lowest BCUT2D eigenvalue weighted by Gasteiger charge is -2.10. The lowest BCUT2D eigenvalue weighted by Crippen LogP contribution is -2.10. The molecular formula is C11H14ClNO2. The molecule has 2 N–H and O–H groups in total. The summed E-state index contributed by atoms with van der Waals surface area (Å²) < 4.78 is 0. The smallest absolute Gasteiger partial charge is 0.324 e. The van der Waals surface area contributed by atoms with Crippen LogP contribution in [-0.2, 0) is 9.63 Å². The molecule has 0 heterocycles. The van der Waals surface area contributed by atoms with E-state index < -0.39 is 0 Å². The predicted molar refractivity (Wildman–Crippen MR) is 59.4 cm³/mol. The minimum Gasteiger partial charge on any atom is -0.373 e. The Morgan fingerprint density at radius 3 is 2.60 bits per heavy atom. The largest absolute Gasteiger partial charge is 0.373 e. The molecule has 1 unspecified atom stereocenters. The van der Waals surface area contributed by atoms with Crippen LogP contribution in [0.4, 0.5) is 0 Å². The van der Waals surface area contributed by atoms with E-state index in [1.165, 1.54) is 0 Å². The minimum atomic E-state index is -0.379. The molecule has 0 aliphatic rings. The maximum atomic E-state index is 10.8. The van der Waals surface area contributed by atoms with Crippen LogP contribution in [0.5, 0.6) is 0 Å². The Balaban J connectivity index is 2.50. The van der Waals surface area contributed by atoms with Crippen LogP contribution in [0.25, 0.3) is 0 Å². The highest BCUT2D eigenvalue weighted by Gasteiger charge is 2.08. The molecule has 1 aromatic carbocycles. The van der Waals surface area contributed by atoms with Crippen molar-refractivity contribution in [2.45, 2.75) is 25.7 Å². The highest BCUT2D eigenvalue weighted by atomic mass is 35.5. The van der Waals surface area contributed by atoms with Crippen molar-refractivity contribution >= 4 is 17.6 Å². The molecule has 0 spiro atoms. The van der Waals surface area contributed by atoms with Gasteiger partial charge >= 0.3 is 5.97 Å². The van der Waals surface area contributed by atoms with Crippen molar-refractivity contribution < 1.29 is 9.63 Å². The van der Waals surface area contributed by atoms with Gasteiger partial charge in [-0.2, -0.15) is 5.90 Å². The van der Waals surface area contributed by atoms with E-state index in [9.17, 15) is 4.79 Å². The first-order chi connectivity index (χ1) is 7.13. The molecule has 0 aliphatic carbocycles. The fourth-order valence-electron chi connectivity index (χ4n) is 1.35. The Hall–Kier alpha value is -1.06. The van der Waals surface area contributed by atoms with Crippen molar-refractivity contribution in [3.05, 3.63) is 34.9 Å². The lowest BCUT2D eigenvalue weighted by atomic mass is 9.96. The number of hydrogen-bond donors (Lipinski definition) is 1. The number of carbonyl (C=O) groups is 1. The van der Waals surface area contributed by atoms with Crippen LogP contribution in [0.15, 0.2) is 24.3 Å². The molecule has 1 atom stereocenters. The monoisotopic (exact) mass is 227 g/mol. The van der Waals surface area contributed by atoms with Crippen LogP contribution in [0.3, 0.4) is 0 Å².